The van der Waals surface area contributed by atoms with Gasteiger partial charge < -0.3 is 5.32 Å². The Morgan fingerprint density at radius 1 is 1.30 bits per heavy atom. The van der Waals surface area contributed by atoms with Gasteiger partial charge in [0.2, 0.25) is 0 Å². The Labute approximate surface area is 122 Å². The van der Waals surface area contributed by atoms with Gasteiger partial charge in [-0.05, 0) is 43.7 Å². The van der Waals surface area contributed by atoms with Crippen molar-refractivity contribution in [3.8, 4) is 0 Å². The maximum atomic E-state index is 11.8. The lowest BCUT2D eigenvalue weighted by Gasteiger charge is -2.26. The van der Waals surface area contributed by atoms with Crippen LogP contribution in [0.1, 0.15) is 26.7 Å². The molecule has 0 saturated carbocycles. The van der Waals surface area contributed by atoms with E-state index in [1.807, 2.05) is 12.1 Å². The largest absolute Gasteiger partial charge is 0.384 e. The van der Waals surface area contributed by atoms with Crippen LogP contribution >= 0.6 is 0 Å². The smallest absolute Gasteiger partial charge is 0.177 e. The van der Waals surface area contributed by atoms with E-state index >= 15 is 0 Å². The first kappa shape index (κ1) is 15.1. The summed E-state index contributed by atoms with van der Waals surface area (Å²) < 4.78 is 23.5. The molecule has 1 aromatic rings. The summed E-state index contributed by atoms with van der Waals surface area (Å²) in [6.45, 7) is 5.23. The van der Waals surface area contributed by atoms with Crippen LogP contribution < -0.4 is 5.32 Å². The summed E-state index contributed by atoms with van der Waals surface area (Å²) in [6.07, 6.45) is 5.84. The Balaban J connectivity index is 2.07. The van der Waals surface area contributed by atoms with Crippen LogP contribution in [0, 0.1) is 11.8 Å². The van der Waals surface area contributed by atoms with E-state index in [4.69, 9.17) is 0 Å². The van der Waals surface area contributed by atoms with Crippen molar-refractivity contribution in [1.29, 1.82) is 0 Å². The molecule has 0 bridgehead atoms. The van der Waals surface area contributed by atoms with Gasteiger partial charge >= 0.3 is 0 Å². The van der Waals surface area contributed by atoms with Gasteiger partial charge in [-0.3, -0.25) is 0 Å². The zero-order chi connectivity index (χ0) is 14.8. The SMILES string of the molecule is CC1=CC(C)CC(CNc2ccccc2S(C)(=O)=O)C1. The van der Waals surface area contributed by atoms with Crippen LogP contribution in [-0.4, -0.2) is 21.2 Å². The number of anilines is 1. The lowest BCUT2D eigenvalue weighted by atomic mass is 9.84. The van der Waals surface area contributed by atoms with Gasteiger partial charge in [-0.2, -0.15) is 0 Å². The zero-order valence-corrected chi connectivity index (χ0v) is 13.2. The third kappa shape index (κ3) is 3.85. The molecule has 0 aromatic heterocycles. The van der Waals surface area contributed by atoms with Crippen molar-refractivity contribution in [2.45, 2.75) is 31.6 Å². The summed E-state index contributed by atoms with van der Waals surface area (Å²) in [7, 11) is -3.18. The second-order valence-corrected chi connectivity index (χ2v) is 7.93. The Bertz CT molecular complexity index is 605. The summed E-state index contributed by atoms with van der Waals surface area (Å²) in [5.74, 6) is 1.18. The molecule has 2 unspecified atom stereocenters. The Morgan fingerprint density at radius 3 is 2.65 bits per heavy atom. The van der Waals surface area contributed by atoms with Gasteiger partial charge in [-0.15, -0.1) is 0 Å². The molecule has 1 aliphatic rings. The topological polar surface area (TPSA) is 46.2 Å². The molecule has 0 heterocycles. The minimum atomic E-state index is -3.18. The van der Waals surface area contributed by atoms with Gasteiger partial charge in [0.25, 0.3) is 0 Å². The second-order valence-electron chi connectivity index (χ2n) is 5.95. The number of sulfone groups is 1. The Kier molecular flexibility index (Phi) is 4.53. The molecule has 20 heavy (non-hydrogen) atoms. The number of nitrogens with one attached hydrogen (secondary N) is 1. The van der Waals surface area contributed by atoms with Crippen LogP contribution in [0.4, 0.5) is 5.69 Å². The minimum absolute atomic E-state index is 0.385. The molecular weight excluding hydrogens is 270 g/mol. The van der Waals surface area contributed by atoms with Crippen LogP contribution in [0.25, 0.3) is 0 Å². The summed E-state index contributed by atoms with van der Waals surface area (Å²) in [6, 6.07) is 7.13. The maximum absolute atomic E-state index is 11.8. The number of rotatable bonds is 4. The molecule has 0 amide bonds. The molecule has 1 aliphatic carbocycles. The first-order valence-corrected chi connectivity index (χ1v) is 8.95. The Morgan fingerprint density at radius 2 is 2.00 bits per heavy atom. The van der Waals surface area contributed by atoms with Gasteiger partial charge in [0.15, 0.2) is 9.84 Å². The van der Waals surface area contributed by atoms with Crippen LogP contribution in [0.5, 0.6) is 0 Å². The number of benzene rings is 1. The van der Waals surface area contributed by atoms with Crippen molar-refractivity contribution in [3.63, 3.8) is 0 Å². The number of para-hydroxylation sites is 1. The second kappa shape index (κ2) is 6.00. The van der Waals surface area contributed by atoms with Gasteiger partial charge in [0.1, 0.15) is 0 Å². The minimum Gasteiger partial charge on any atom is -0.384 e. The number of hydrogen-bond donors (Lipinski definition) is 1. The van der Waals surface area contributed by atoms with Crippen molar-refractivity contribution < 1.29 is 8.42 Å². The monoisotopic (exact) mass is 293 g/mol. The molecule has 3 nitrogen and oxygen atoms in total. The predicted octanol–water partition coefficient (Wildman–Crippen LogP) is 3.49. The molecule has 4 heteroatoms. The fraction of sp³-hybridized carbons (Fsp3) is 0.500. The standard InChI is InChI=1S/C16H23NO2S/c1-12-8-13(2)10-14(9-12)11-17-15-6-4-5-7-16(15)20(3,18)19/h4-8,12,14,17H,9-11H2,1-3H3. The van der Waals surface area contributed by atoms with Crippen LogP contribution in [0.3, 0.4) is 0 Å². The quantitative estimate of drug-likeness (QED) is 0.864. The van der Waals surface area contributed by atoms with Gasteiger partial charge in [-0.25, -0.2) is 8.42 Å². The van der Waals surface area contributed by atoms with Crippen LogP contribution in [0.15, 0.2) is 40.8 Å². The average Bonchev–Trinajstić information content (AvgIpc) is 2.34. The first-order valence-electron chi connectivity index (χ1n) is 7.06. The van der Waals surface area contributed by atoms with Crippen LogP contribution in [-0.2, 0) is 9.84 Å². The van der Waals surface area contributed by atoms with E-state index in [2.05, 4.69) is 25.2 Å². The number of hydrogen-bond acceptors (Lipinski definition) is 3. The molecule has 2 rings (SSSR count). The molecule has 1 N–H and O–H groups in total. The van der Waals surface area contributed by atoms with Crippen molar-refractivity contribution in [3.05, 3.63) is 35.9 Å². The van der Waals surface area contributed by atoms with Crippen molar-refractivity contribution in [2.75, 3.05) is 18.1 Å². The summed E-state index contributed by atoms with van der Waals surface area (Å²) in [4.78, 5) is 0.385. The zero-order valence-electron chi connectivity index (χ0n) is 12.4. The summed E-state index contributed by atoms with van der Waals surface area (Å²) >= 11 is 0. The summed E-state index contributed by atoms with van der Waals surface area (Å²) in [5, 5.41) is 3.32. The van der Waals surface area contributed by atoms with Crippen LogP contribution in [0.2, 0.25) is 0 Å². The molecule has 0 saturated heterocycles. The van der Waals surface area contributed by atoms with Crippen molar-refractivity contribution in [2.24, 2.45) is 11.8 Å². The third-order valence-electron chi connectivity index (χ3n) is 3.75. The molecule has 2 atom stereocenters. The van der Waals surface area contributed by atoms with Gasteiger partial charge in [-0.1, -0.05) is 30.7 Å². The van der Waals surface area contributed by atoms with E-state index in [1.54, 1.807) is 12.1 Å². The van der Waals surface area contributed by atoms with Crippen molar-refractivity contribution >= 4 is 15.5 Å². The van der Waals surface area contributed by atoms with Gasteiger partial charge in [0, 0.05) is 12.8 Å². The molecule has 0 spiro atoms. The first-order chi connectivity index (χ1) is 9.36. The molecule has 1 aromatic carbocycles. The molecular formula is C16H23NO2S. The number of allylic oxidation sites excluding steroid dienone is 2. The average molecular weight is 293 g/mol. The fourth-order valence-corrected chi connectivity index (χ4v) is 3.90. The predicted molar refractivity (Wildman–Crippen MR) is 83.7 cm³/mol. The lowest BCUT2D eigenvalue weighted by Crippen LogP contribution is -2.21. The highest BCUT2D eigenvalue weighted by Gasteiger charge is 2.19. The maximum Gasteiger partial charge on any atom is 0.177 e. The molecule has 0 aliphatic heterocycles. The summed E-state index contributed by atoms with van der Waals surface area (Å²) in [5.41, 5.74) is 2.15. The highest BCUT2D eigenvalue weighted by Crippen LogP contribution is 2.29. The third-order valence-corrected chi connectivity index (χ3v) is 4.91. The van der Waals surface area contributed by atoms with E-state index in [9.17, 15) is 8.42 Å². The normalized spacial score (nSPS) is 23.2. The van der Waals surface area contributed by atoms with E-state index in [0.29, 0.717) is 16.7 Å². The molecule has 110 valence electrons. The highest BCUT2D eigenvalue weighted by atomic mass is 32.2. The molecule has 0 fully saturated rings. The van der Waals surface area contributed by atoms with E-state index in [1.165, 1.54) is 11.8 Å². The Hall–Kier alpha value is -1.29. The highest BCUT2D eigenvalue weighted by molar-refractivity contribution is 7.90. The van der Waals surface area contributed by atoms with E-state index < -0.39 is 9.84 Å². The lowest BCUT2D eigenvalue weighted by molar-refractivity contribution is 0.421. The molecule has 0 radical (unpaired) electrons. The van der Waals surface area contributed by atoms with Crippen molar-refractivity contribution in [1.82, 2.24) is 0 Å². The van der Waals surface area contributed by atoms with E-state index in [-0.39, 0.29) is 0 Å². The van der Waals surface area contributed by atoms with E-state index in [0.717, 1.165) is 25.1 Å². The van der Waals surface area contributed by atoms with Gasteiger partial charge in [0.05, 0.1) is 10.6 Å². The fourth-order valence-electron chi connectivity index (χ4n) is 3.03.